The largest absolute Gasteiger partial charge is 0.375 e. The van der Waals surface area contributed by atoms with Gasteiger partial charge in [-0.1, -0.05) is 0 Å². The van der Waals surface area contributed by atoms with Gasteiger partial charge in [0, 0.05) is 42.8 Å². The molecule has 16 heavy (non-hydrogen) atoms. The first-order valence-electron chi connectivity index (χ1n) is 5.73. The van der Waals surface area contributed by atoms with Crippen molar-refractivity contribution in [3.8, 4) is 0 Å². The lowest BCUT2D eigenvalue weighted by molar-refractivity contribution is 0.0343. The monoisotopic (exact) mass is 221 g/mol. The molecule has 1 fully saturated rings. The maximum atomic E-state index is 5.74. The lowest BCUT2D eigenvalue weighted by Gasteiger charge is -2.39. The summed E-state index contributed by atoms with van der Waals surface area (Å²) in [5.41, 5.74) is 8.03. The highest BCUT2D eigenvalue weighted by molar-refractivity contribution is 5.53. The smallest absolute Gasteiger partial charge is 0.0723 e. The number of aromatic nitrogens is 1. The van der Waals surface area contributed by atoms with Gasteiger partial charge >= 0.3 is 0 Å². The van der Waals surface area contributed by atoms with E-state index in [4.69, 9.17) is 10.5 Å². The van der Waals surface area contributed by atoms with Gasteiger partial charge in [0.15, 0.2) is 0 Å². The average Bonchev–Trinajstić information content (AvgIpc) is 2.32. The van der Waals surface area contributed by atoms with Gasteiger partial charge in [-0.05, 0) is 19.9 Å². The molecule has 0 aliphatic carbocycles. The van der Waals surface area contributed by atoms with Gasteiger partial charge in [-0.15, -0.1) is 0 Å². The van der Waals surface area contributed by atoms with E-state index >= 15 is 0 Å². The molecule has 4 heteroatoms. The number of pyridine rings is 1. The van der Waals surface area contributed by atoms with Crippen LogP contribution < -0.4 is 10.6 Å². The Labute approximate surface area is 96.4 Å². The predicted molar refractivity (Wildman–Crippen MR) is 64.4 cm³/mol. The first-order chi connectivity index (χ1) is 7.72. The van der Waals surface area contributed by atoms with E-state index in [0.717, 1.165) is 18.7 Å². The van der Waals surface area contributed by atoms with Crippen LogP contribution in [0, 0.1) is 0 Å². The molecule has 0 radical (unpaired) electrons. The van der Waals surface area contributed by atoms with Crippen molar-refractivity contribution in [1.29, 1.82) is 0 Å². The number of ether oxygens (including phenoxy) is 1. The number of rotatable bonds is 2. The van der Waals surface area contributed by atoms with E-state index in [0.29, 0.717) is 12.6 Å². The van der Waals surface area contributed by atoms with Crippen molar-refractivity contribution in [2.75, 3.05) is 18.1 Å². The molecule has 1 aliphatic heterocycles. The van der Waals surface area contributed by atoms with Crippen LogP contribution in [0.5, 0.6) is 0 Å². The van der Waals surface area contributed by atoms with Crippen LogP contribution in [-0.2, 0) is 11.3 Å². The molecule has 1 aromatic rings. The van der Waals surface area contributed by atoms with E-state index in [1.54, 1.807) is 0 Å². The average molecular weight is 221 g/mol. The van der Waals surface area contributed by atoms with Crippen LogP contribution in [-0.4, -0.2) is 30.3 Å². The van der Waals surface area contributed by atoms with Gasteiger partial charge in [0.2, 0.25) is 0 Å². The summed E-state index contributed by atoms with van der Waals surface area (Å²) in [7, 11) is 0. The molecule has 1 aromatic heterocycles. The van der Waals surface area contributed by atoms with Crippen molar-refractivity contribution in [1.82, 2.24) is 4.98 Å². The number of hydrogen-bond donors (Lipinski definition) is 1. The molecule has 2 unspecified atom stereocenters. The number of anilines is 1. The molecule has 2 atom stereocenters. The molecule has 0 saturated carbocycles. The van der Waals surface area contributed by atoms with Gasteiger partial charge in [-0.3, -0.25) is 4.98 Å². The first kappa shape index (κ1) is 11.4. The van der Waals surface area contributed by atoms with Crippen LogP contribution in [0.25, 0.3) is 0 Å². The molecule has 1 saturated heterocycles. The predicted octanol–water partition coefficient (Wildman–Crippen LogP) is 1.15. The molecule has 88 valence electrons. The highest BCUT2D eigenvalue weighted by atomic mass is 16.5. The van der Waals surface area contributed by atoms with Gasteiger partial charge in [0.05, 0.1) is 12.7 Å². The van der Waals surface area contributed by atoms with Crippen LogP contribution in [0.15, 0.2) is 18.5 Å². The lowest BCUT2D eigenvalue weighted by atomic mass is 10.1. The van der Waals surface area contributed by atoms with Crippen molar-refractivity contribution < 1.29 is 4.74 Å². The third-order valence-corrected chi connectivity index (χ3v) is 3.01. The van der Waals surface area contributed by atoms with Crippen LogP contribution in [0.2, 0.25) is 0 Å². The van der Waals surface area contributed by atoms with Crippen molar-refractivity contribution in [2.45, 2.75) is 32.5 Å². The Kier molecular flexibility index (Phi) is 3.41. The number of nitrogens with zero attached hydrogens (tertiary/aromatic N) is 2. The molecule has 2 rings (SSSR count). The zero-order valence-corrected chi connectivity index (χ0v) is 9.89. The van der Waals surface area contributed by atoms with Gasteiger partial charge in [-0.25, -0.2) is 0 Å². The Morgan fingerprint density at radius 3 is 3.12 bits per heavy atom. The summed E-state index contributed by atoms with van der Waals surface area (Å²) in [6.45, 7) is 6.49. The third-order valence-electron chi connectivity index (χ3n) is 3.01. The topological polar surface area (TPSA) is 51.4 Å². The summed E-state index contributed by atoms with van der Waals surface area (Å²) in [5.74, 6) is 0. The normalized spacial score (nSPS) is 25.8. The molecule has 0 bridgehead atoms. The number of nitrogens with two attached hydrogens (primary N) is 1. The van der Waals surface area contributed by atoms with E-state index in [9.17, 15) is 0 Å². The first-order valence-corrected chi connectivity index (χ1v) is 5.73. The SMILES string of the molecule is CC1CN(c2ccncc2CN)C(C)CO1. The summed E-state index contributed by atoms with van der Waals surface area (Å²) >= 11 is 0. The van der Waals surface area contributed by atoms with Gasteiger partial charge in [0.1, 0.15) is 0 Å². The Morgan fingerprint density at radius 1 is 1.56 bits per heavy atom. The van der Waals surface area contributed by atoms with E-state index in [1.165, 1.54) is 5.69 Å². The van der Waals surface area contributed by atoms with Crippen LogP contribution in [0.1, 0.15) is 19.4 Å². The quantitative estimate of drug-likeness (QED) is 0.814. The highest BCUT2D eigenvalue weighted by Gasteiger charge is 2.24. The number of morpholine rings is 1. The minimum atomic E-state index is 0.273. The van der Waals surface area contributed by atoms with Crippen LogP contribution in [0.4, 0.5) is 5.69 Å². The fourth-order valence-electron chi connectivity index (χ4n) is 2.10. The van der Waals surface area contributed by atoms with Crippen molar-refractivity contribution in [3.63, 3.8) is 0 Å². The summed E-state index contributed by atoms with van der Waals surface area (Å²) in [6.07, 6.45) is 3.94. The third kappa shape index (κ3) is 2.18. The Balaban J connectivity index is 2.27. The van der Waals surface area contributed by atoms with E-state index in [2.05, 4.69) is 23.7 Å². The van der Waals surface area contributed by atoms with Gasteiger partial charge < -0.3 is 15.4 Å². The van der Waals surface area contributed by atoms with Gasteiger partial charge in [-0.2, -0.15) is 0 Å². The van der Waals surface area contributed by atoms with Crippen molar-refractivity contribution in [2.24, 2.45) is 5.73 Å². The second kappa shape index (κ2) is 4.80. The van der Waals surface area contributed by atoms with Crippen LogP contribution >= 0.6 is 0 Å². The zero-order chi connectivity index (χ0) is 11.5. The number of hydrogen-bond acceptors (Lipinski definition) is 4. The van der Waals surface area contributed by atoms with Gasteiger partial charge in [0.25, 0.3) is 0 Å². The second-order valence-electron chi connectivity index (χ2n) is 4.35. The summed E-state index contributed by atoms with van der Waals surface area (Å²) in [5, 5.41) is 0. The molecular weight excluding hydrogens is 202 g/mol. The molecule has 0 amide bonds. The summed E-state index contributed by atoms with van der Waals surface area (Å²) in [6, 6.07) is 2.43. The minimum absolute atomic E-state index is 0.273. The van der Waals surface area contributed by atoms with E-state index in [-0.39, 0.29) is 6.10 Å². The molecule has 2 heterocycles. The maximum Gasteiger partial charge on any atom is 0.0723 e. The highest BCUT2D eigenvalue weighted by Crippen LogP contribution is 2.24. The van der Waals surface area contributed by atoms with Crippen molar-refractivity contribution in [3.05, 3.63) is 24.0 Å². The summed E-state index contributed by atoms with van der Waals surface area (Å²) in [4.78, 5) is 6.48. The molecule has 0 spiro atoms. The Hall–Kier alpha value is -1.13. The fraction of sp³-hybridized carbons (Fsp3) is 0.583. The maximum absolute atomic E-state index is 5.74. The standard InChI is InChI=1S/C12H19N3O/c1-9-8-16-10(2)7-15(9)12-3-4-14-6-11(12)5-13/h3-4,6,9-10H,5,7-8,13H2,1-2H3. The fourth-order valence-corrected chi connectivity index (χ4v) is 2.10. The van der Waals surface area contributed by atoms with E-state index < -0.39 is 0 Å². The molecule has 2 N–H and O–H groups in total. The minimum Gasteiger partial charge on any atom is -0.375 e. The van der Waals surface area contributed by atoms with E-state index in [1.807, 2.05) is 18.5 Å². The Morgan fingerprint density at radius 2 is 2.38 bits per heavy atom. The second-order valence-corrected chi connectivity index (χ2v) is 4.35. The molecule has 1 aliphatic rings. The molecule has 0 aromatic carbocycles. The molecular formula is C12H19N3O. The Bertz CT molecular complexity index is 356. The van der Waals surface area contributed by atoms with Crippen LogP contribution in [0.3, 0.4) is 0 Å². The lowest BCUT2D eigenvalue weighted by Crippen LogP contribution is -2.47. The zero-order valence-electron chi connectivity index (χ0n) is 9.89. The molecule has 4 nitrogen and oxygen atoms in total. The summed E-state index contributed by atoms with van der Waals surface area (Å²) < 4.78 is 5.63. The van der Waals surface area contributed by atoms with Crippen molar-refractivity contribution >= 4 is 5.69 Å².